The average molecular weight is 616 g/mol. The average Bonchev–Trinajstić information content (AvgIpc) is 2.99. The molecule has 9 heteroatoms. The van der Waals surface area contributed by atoms with Gasteiger partial charge in [0.15, 0.2) is 5.78 Å². The Balaban J connectivity index is 0.00000109. The fourth-order valence-electron chi connectivity index (χ4n) is 7.98. The number of carbonyl (C=O) groups is 2. The number of ketones is 1. The number of aliphatic hydroxyl groups is 2. The van der Waals surface area contributed by atoms with Crippen LogP contribution >= 0.6 is 23.2 Å². The van der Waals surface area contributed by atoms with Crippen LogP contribution in [0.1, 0.15) is 53.9 Å². The summed E-state index contributed by atoms with van der Waals surface area (Å²) >= 11 is 11.5. The molecule has 36 heavy (non-hydrogen) atoms. The Labute approximate surface area is 249 Å². The first-order chi connectivity index (χ1) is 16.2. The predicted molar refractivity (Wildman–Crippen MR) is 134 cm³/mol. The number of ether oxygens (including phenoxy) is 1. The molecule has 0 amide bonds. The largest absolute Gasteiger partial charge is 0.538 e. The summed E-state index contributed by atoms with van der Waals surface area (Å²) in [6, 6.07) is 0. The molecule has 9 atom stereocenters. The number of rotatable bonds is 3. The van der Waals surface area contributed by atoms with Crippen LogP contribution in [0, 0.1) is 46.8 Å². The minimum atomic E-state index is -1.53. The Kier molecular flexibility index (Phi) is 9.97. The van der Waals surface area contributed by atoms with Crippen LogP contribution in [-0.2, 0) is 51.8 Å². The van der Waals surface area contributed by atoms with Gasteiger partial charge < -0.3 is 26.7 Å². The third kappa shape index (κ3) is 4.44. The number of carbonyl (C=O) groups excluding carboxylic acids is 3. The molecule has 4 rings (SSSR count). The molecule has 0 aromatic rings. The minimum absolute atomic E-state index is 0. The van der Waals surface area contributed by atoms with Gasteiger partial charge in [0.1, 0.15) is 0 Å². The third-order valence-corrected chi connectivity index (χ3v) is 10.2. The number of alkyl halides is 2. The van der Waals surface area contributed by atoms with E-state index in [0.29, 0.717) is 6.42 Å². The van der Waals surface area contributed by atoms with Crippen molar-refractivity contribution in [3.8, 4) is 0 Å². The molecule has 0 saturated heterocycles. The molecular weight excluding hydrogens is 580 g/mol. The van der Waals surface area contributed by atoms with E-state index in [1.165, 1.54) is 0 Å². The summed E-state index contributed by atoms with van der Waals surface area (Å²) in [4.78, 5) is 35.6. The van der Waals surface area contributed by atoms with Crippen molar-refractivity contribution in [3.05, 3.63) is 30.7 Å². The Morgan fingerprint density at radius 1 is 1.25 bits per heavy atom. The molecule has 199 valence electrons. The maximum absolute atomic E-state index is 12.5. The standard InChI is InChI=1S/C25H31Cl2O5.C2H5O.Y/c1-13-8-18-17-9-14(2)25(12-28,32-21(31)20(26)27)23(17,4)11-19(30)24(18,5)22(3)7-6-15(29)10-16(13)22;1-2-3;/h6-7,10,13-14,17-20,30H,8-9,11H2,1-5H3;3H,1-2H2;/q2*-1;/t13-,14?,17?,18?,19?,22?,23?,24+,25+;;/m0../s1. The molecule has 4 aliphatic carbocycles. The molecular formula is C27H36Cl2O6Y-2. The van der Waals surface area contributed by atoms with E-state index in [0.717, 1.165) is 12.0 Å². The van der Waals surface area contributed by atoms with E-state index in [4.69, 9.17) is 33.0 Å². The Morgan fingerprint density at radius 3 is 2.36 bits per heavy atom. The van der Waals surface area contributed by atoms with Crippen LogP contribution < -0.4 is 0 Å². The Hall–Kier alpha value is -0.106. The molecule has 0 bridgehead atoms. The van der Waals surface area contributed by atoms with Gasteiger partial charge in [-0.2, -0.15) is 0 Å². The second-order valence-corrected chi connectivity index (χ2v) is 12.3. The van der Waals surface area contributed by atoms with Gasteiger partial charge >= 0.3 is 5.97 Å². The molecule has 0 aromatic heterocycles. The van der Waals surface area contributed by atoms with Crippen LogP contribution in [0.2, 0.25) is 0 Å². The number of fused-ring (bicyclic) bond motifs is 5. The van der Waals surface area contributed by atoms with E-state index in [-0.39, 0.29) is 75.2 Å². The molecule has 3 saturated carbocycles. The molecule has 6 nitrogen and oxygen atoms in total. The van der Waals surface area contributed by atoms with Crippen LogP contribution in [0.15, 0.2) is 23.8 Å². The van der Waals surface area contributed by atoms with Crippen molar-refractivity contribution >= 4 is 41.2 Å². The summed E-state index contributed by atoms with van der Waals surface area (Å²) in [5, 5.41) is 19.2. The zero-order chi connectivity index (χ0) is 26.6. The number of esters is 1. The van der Waals surface area contributed by atoms with Crippen molar-refractivity contribution in [1.82, 2.24) is 0 Å². The summed E-state index contributed by atoms with van der Waals surface area (Å²) in [6.45, 7) is 13.2. The van der Waals surface area contributed by atoms with Gasteiger partial charge in [-0.05, 0) is 60.5 Å². The maximum atomic E-state index is 12.5. The topological polar surface area (TPSA) is 101 Å². The van der Waals surface area contributed by atoms with E-state index in [2.05, 4.69) is 34.0 Å². The van der Waals surface area contributed by atoms with Crippen molar-refractivity contribution in [2.45, 2.75) is 70.4 Å². The van der Waals surface area contributed by atoms with Crippen molar-refractivity contribution in [3.63, 3.8) is 0 Å². The van der Waals surface area contributed by atoms with Gasteiger partial charge in [0.2, 0.25) is 4.84 Å². The molecule has 6 unspecified atom stereocenters. The molecule has 0 spiro atoms. The summed E-state index contributed by atoms with van der Waals surface area (Å²) in [5.74, 6) is -0.986. The van der Waals surface area contributed by atoms with Gasteiger partial charge in [-0.25, -0.2) is 11.1 Å². The zero-order valence-electron chi connectivity index (χ0n) is 21.6. The van der Waals surface area contributed by atoms with Crippen LogP contribution in [0.5, 0.6) is 0 Å². The van der Waals surface area contributed by atoms with Crippen LogP contribution in [0.4, 0.5) is 0 Å². The second kappa shape index (κ2) is 11.2. The monoisotopic (exact) mass is 615 g/mol. The fourth-order valence-corrected chi connectivity index (χ4v) is 8.07. The van der Waals surface area contributed by atoms with E-state index < -0.39 is 38.8 Å². The quantitative estimate of drug-likeness (QED) is 0.281. The van der Waals surface area contributed by atoms with E-state index >= 15 is 0 Å². The van der Waals surface area contributed by atoms with E-state index in [9.17, 15) is 19.5 Å². The van der Waals surface area contributed by atoms with E-state index in [1.807, 2.05) is 19.9 Å². The number of hydrogen-bond acceptors (Lipinski definition) is 6. The number of aliphatic hydroxyl groups excluding tert-OH is 2. The first-order valence-electron chi connectivity index (χ1n) is 12.1. The summed E-state index contributed by atoms with van der Waals surface area (Å²) in [6.07, 6.45) is 8.29. The maximum Gasteiger partial charge on any atom is 0.337 e. The number of allylic oxidation sites excluding steroid dienone is 4. The molecule has 3 fully saturated rings. The van der Waals surface area contributed by atoms with Gasteiger partial charge in [0, 0.05) is 49.1 Å². The van der Waals surface area contributed by atoms with Crippen LogP contribution in [0.3, 0.4) is 0 Å². The smallest absolute Gasteiger partial charge is 0.337 e. The SMILES string of the molecule is CC1CC2C3C[C@H](C)C4=CC(=O)C=CC4(C)[C@@]3(C)C(O)CC2(C)[C@]1([C-]=O)OC(=O)C(Cl)Cl.[CH2-]CO.[Y]. The van der Waals surface area contributed by atoms with Gasteiger partial charge in [0.25, 0.3) is 0 Å². The van der Waals surface area contributed by atoms with Crippen molar-refractivity contribution in [2.24, 2.45) is 39.9 Å². The molecule has 1 radical (unpaired) electrons. The van der Waals surface area contributed by atoms with E-state index in [1.54, 1.807) is 12.2 Å². The molecule has 2 N–H and O–H groups in total. The zero-order valence-corrected chi connectivity index (χ0v) is 25.9. The first kappa shape index (κ1) is 32.1. The first-order valence-corrected chi connectivity index (χ1v) is 13.0. The molecule has 0 aromatic carbocycles. The van der Waals surface area contributed by atoms with Crippen molar-refractivity contribution in [2.75, 3.05) is 6.61 Å². The summed E-state index contributed by atoms with van der Waals surface area (Å²) in [5.41, 5.74) is -2.32. The minimum Gasteiger partial charge on any atom is -0.538 e. The molecule has 0 aliphatic heterocycles. The number of hydrogen-bond donors (Lipinski definition) is 2. The predicted octanol–water partition coefficient (Wildman–Crippen LogP) is 4.15. The summed E-state index contributed by atoms with van der Waals surface area (Å²) < 4.78 is 5.72. The van der Waals surface area contributed by atoms with Crippen LogP contribution in [-0.4, -0.2) is 51.4 Å². The van der Waals surface area contributed by atoms with Crippen molar-refractivity contribution in [1.29, 1.82) is 0 Å². The van der Waals surface area contributed by atoms with Crippen LogP contribution in [0.25, 0.3) is 0 Å². The Bertz CT molecular complexity index is 953. The summed E-state index contributed by atoms with van der Waals surface area (Å²) in [7, 11) is 0. The van der Waals surface area contributed by atoms with Gasteiger partial charge in [-0.15, -0.1) is 0 Å². The van der Waals surface area contributed by atoms with Gasteiger partial charge in [-0.3, -0.25) is 4.79 Å². The van der Waals surface area contributed by atoms with Crippen molar-refractivity contribution < 1.29 is 62.0 Å². The fraction of sp³-hybridized carbons (Fsp3) is 0.704. The number of halogens is 2. The van der Waals surface area contributed by atoms with Gasteiger partial charge in [-0.1, -0.05) is 76.1 Å². The third-order valence-electron chi connectivity index (χ3n) is 9.86. The normalized spacial score (nSPS) is 44.7. The molecule has 4 aliphatic rings. The Morgan fingerprint density at radius 2 is 1.83 bits per heavy atom. The van der Waals surface area contributed by atoms with Gasteiger partial charge in [0.05, 0.1) is 6.10 Å². The molecule has 0 heterocycles. The second-order valence-electron chi connectivity index (χ2n) is 11.2.